The summed E-state index contributed by atoms with van der Waals surface area (Å²) < 4.78 is 17.8. The van der Waals surface area contributed by atoms with Crippen LogP contribution in [0.1, 0.15) is 27.2 Å². The van der Waals surface area contributed by atoms with Crippen LogP contribution in [0, 0.1) is 0 Å². The summed E-state index contributed by atoms with van der Waals surface area (Å²) in [4.78, 5) is 33.3. The van der Waals surface area contributed by atoms with E-state index in [1.54, 1.807) is 9.80 Å². The van der Waals surface area contributed by atoms with Crippen LogP contribution in [0.3, 0.4) is 0 Å². The first-order valence-corrected chi connectivity index (χ1v) is 10.9. The third-order valence-corrected chi connectivity index (χ3v) is 6.37. The highest BCUT2D eigenvalue weighted by Crippen LogP contribution is 2.42. The first-order valence-electron chi connectivity index (χ1n) is 10.1. The maximum atomic E-state index is 12.8. The summed E-state index contributed by atoms with van der Waals surface area (Å²) >= 11 is 1.46. The number of nitrogens with zero attached hydrogens (tertiary/aromatic N) is 3. The van der Waals surface area contributed by atoms with E-state index in [0.29, 0.717) is 49.4 Å². The summed E-state index contributed by atoms with van der Waals surface area (Å²) in [7, 11) is 0. The fraction of sp³-hybridized carbons (Fsp3) is 0.550. The van der Waals surface area contributed by atoms with Gasteiger partial charge in [-0.05, 0) is 39.3 Å². The molecule has 2 atom stereocenters. The molecule has 0 radical (unpaired) electrons. The summed E-state index contributed by atoms with van der Waals surface area (Å²) in [6.45, 7) is 7.47. The quantitative estimate of drug-likeness (QED) is 0.745. The van der Waals surface area contributed by atoms with Crippen molar-refractivity contribution in [3.63, 3.8) is 0 Å². The number of benzene rings is 1. The average Bonchev–Trinajstić information content (AvgIpc) is 3.25. The van der Waals surface area contributed by atoms with Gasteiger partial charge in [-0.1, -0.05) is 11.3 Å². The zero-order valence-corrected chi connectivity index (χ0v) is 18.0. The lowest BCUT2D eigenvalue weighted by Crippen LogP contribution is -2.53. The molecule has 5 rings (SSSR count). The fourth-order valence-electron chi connectivity index (χ4n) is 4.08. The Morgan fingerprint density at radius 2 is 2.10 bits per heavy atom. The maximum absolute atomic E-state index is 12.8. The SMILES string of the molecule is CC(C)(C)OC(=O)N1CC[C@@H]2[C@H](C1)NC(=O)N2c1nc2c3c(ccc2s1)OCCO3. The number of hydrogen-bond donors (Lipinski definition) is 1. The van der Waals surface area contributed by atoms with Crippen LogP contribution in [0.2, 0.25) is 0 Å². The number of aromatic nitrogens is 1. The number of piperidine rings is 1. The van der Waals surface area contributed by atoms with Gasteiger partial charge < -0.3 is 24.4 Å². The number of amides is 3. The zero-order valence-electron chi connectivity index (χ0n) is 17.1. The number of anilines is 1. The first kappa shape index (κ1) is 19.2. The summed E-state index contributed by atoms with van der Waals surface area (Å²) in [5.74, 6) is 1.32. The van der Waals surface area contributed by atoms with Gasteiger partial charge in [0.2, 0.25) is 0 Å². The molecule has 0 unspecified atom stereocenters. The van der Waals surface area contributed by atoms with E-state index in [-0.39, 0.29) is 24.2 Å². The van der Waals surface area contributed by atoms with Gasteiger partial charge >= 0.3 is 12.1 Å². The van der Waals surface area contributed by atoms with E-state index in [2.05, 4.69) is 5.32 Å². The largest absolute Gasteiger partial charge is 0.486 e. The number of fused-ring (bicyclic) bond motifs is 4. The monoisotopic (exact) mass is 432 g/mol. The minimum Gasteiger partial charge on any atom is -0.486 e. The Morgan fingerprint density at radius 1 is 1.30 bits per heavy atom. The number of thiazole rings is 1. The number of carbonyl (C=O) groups excluding carboxylic acids is 2. The lowest BCUT2D eigenvalue weighted by atomic mass is 10.0. The second-order valence-electron chi connectivity index (χ2n) is 8.64. The van der Waals surface area contributed by atoms with Crippen LogP contribution >= 0.6 is 11.3 Å². The Morgan fingerprint density at radius 3 is 2.90 bits per heavy atom. The van der Waals surface area contributed by atoms with Gasteiger partial charge in [0.15, 0.2) is 16.6 Å². The Kier molecular flexibility index (Phi) is 4.42. The van der Waals surface area contributed by atoms with Crippen molar-refractivity contribution in [1.29, 1.82) is 0 Å². The van der Waals surface area contributed by atoms with Gasteiger partial charge in [-0.25, -0.2) is 14.6 Å². The molecular formula is C20H24N4O5S. The van der Waals surface area contributed by atoms with E-state index in [1.165, 1.54) is 11.3 Å². The van der Waals surface area contributed by atoms with Crippen molar-refractivity contribution in [3.05, 3.63) is 12.1 Å². The van der Waals surface area contributed by atoms with E-state index in [4.69, 9.17) is 19.2 Å². The van der Waals surface area contributed by atoms with Crippen LogP contribution in [0.25, 0.3) is 10.2 Å². The summed E-state index contributed by atoms with van der Waals surface area (Å²) in [5, 5.41) is 3.64. The van der Waals surface area contributed by atoms with E-state index < -0.39 is 5.60 Å². The number of ether oxygens (including phenoxy) is 3. The molecule has 0 saturated carbocycles. The number of nitrogens with one attached hydrogen (secondary N) is 1. The third-order valence-electron chi connectivity index (χ3n) is 5.35. The molecule has 2 fully saturated rings. The lowest BCUT2D eigenvalue weighted by molar-refractivity contribution is 0.0189. The Bertz CT molecular complexity index is 1020. The predicted molar refractivity (Wildman–Crippen MR) is 112 cm³/mol. The van der Waals surface area contributed by atoms with Gasteiger partial charge in [0.05, 0.1) is 16.8 Å². The standard InChI is InChI=1S/C20H24N4O5S/c1-20(2,3)29-19(26)23-7-6-12-11(10-23)21-17(25)24(12)18-22-15-14(30-18)5-4-13-16(15)28-9-8-27-13/h4-5,11-12H,6-10H2,1-3H3,(H,21,25)/t11-,12+/m0/s1. The normalized spacial score (nSPS) is 23.4. The molecule has 1 aromatic carbocycles. The van der Waals surface area contributed by atoms with Crippen molar-refractivity contribution in [2.45, 2.75) is 44.9 Å². The van der Waals surface area contributed by atoms with Crippen molar-refractivity contribution >= 4 is 38.8 Å². The van der Waals surface area contributed by atoms with E-state index >= 15 is 0 Å². The van der Waals surface area contributed by atoms with Gasteiger partial charge in [0.25, 0.3) is 0 Å². The van der Waals surface area contributed by atoms with Crippen molar-refractivity contribution in [2.75, 3.05) is 31.2 Å². The van der Waals surface area contributed by atoms with Gasteiger partial charge in [0.1, 0.15) is 24.3 Å². The molecule has 10 heteroatoms. The molecule has 0 bridgehead atoms. The highest BCUT2D eigenvalue weighted by molar-refractivity contribution is 7.22. The molecule has 9 nitrogen and oxygen atoms in total. The predicted octanol–water partition coefficient (Wildman–Crippen LogP) is 2.98. The topological polar surface area (TPSA) is 93.2 Å². The molecule has 160 valence electrons. The average molecular weight is 433 g/mol. The zero-order chi connectivity index (χ0) is 21.0. The van der Waals surface area contributed by atoms with Crippen molar-refractivity contribution in [1.82, 2.24) is 15.2 Å². The smallest absolute Gasteiger partial charge is 0.410 e. The van der Waals surface area contributed by atoms with E-state index in [9.17, 15) is 9.59 Å². The number of carbonyl (C=O) groups is 2. The highest BCUT2D eigenvalue weighted by Gasteiger charge is 2.46. The first-order chi connectivity index (χ1) is 14.3. The van der Waals surface area contributed by atoms with Gasteiger partial charge in [-0.3, -0.25) is 4.90 Å². The maximum Gasteiger partial charge on any atom is 0.410 e. The van der Waals surface area contributed by atoms with Crippen LogP contribution in [-0.4, -0.2) is 66.0 Å². The number of urea groups is 1. The highest BCUT2D eigenvalue weighted by atomic mass is 32.1. The van der Waals surface area contributed by atoms with Crippen LogP contribution in [-0.2, 0) is 4.74 Å². The molecular weight excluding hydrogens is 408 g/mol. The van der Waals surface area contributed by atoms with Crippen molar-refractivity contribution in [3.8, 4) is 11.5 Å². The van der Waals surface area contributed by atoms with Gasteiger partial charge in [-0.15, -0.1) is 0 Å². The van der Waals surface area contributed by atoms with Crippen LogP contribution < -0.4 is 19.7 Å². The molecule has 4 heterocycles. The van der Waals surface area contributed by atoms with Gasteiger partial charge in [-0.2, -0.15) is 0 Å². The minimum absolute atomic E-state index is 0.0651. The molecule has 3 aliphatic rings. The van der Waals surface area contributed by atoms with Gasteiger partial charge in [0, 0.05) is 13.1 Å². The van der Waals surface area contributed by atoms with Crippen molar-refractivity contribution in [2.24, 2.45) is 0 Å². The Labute approximate surface area is 177 Å². The van der Waals surface area contributed by atoms with Crippen LogP contribution in [0.5, 0.6) is 11.5 Å². The second-order valence-corrected chi connectivity index (χ2v) is 9.65. The van der Waals surface area contributed by atoms with E-state index in [0.717, 1.165) is 10.2 Å². The Hall–Kier alpha value is -2.75. The molecule has 3 amide bonds. The summed E-state index contributed by atoms with van der Waals surface area (Å²) in [5.41, 5.74) is 0.166. The molecule has 0 spiro atoms. The minimum atomic E-state index is -0.551. The second kappa shape index (κ2) is 6.90. The van der Waals surface area contributed by atoms with Crippen LogP contribution in [0.15, 0.2) is 12.1 Å². The van der Waals surface area contributed by atoms with Crippen molar-refractivity contribution < 1.29 is 23.8 Å². The molecule has 0 aliphatic carbocycles. The molecule has 1 aromatic heterocycles. The molecule has 3 aliphatic heterocycles. The summed E-state index contributed by atoms with van der Waals surface area (Å²) in [6.07, 6.45) is 0.299. The molecule has 30 heavy (non-hydrogen) atoms. The lowest BCUT2D eigenvalue weighted by Gasteiger charge is -2.36. The fourth-order valence-corrected chi connectivity index (χ4v) is 5.10. The number of rotatable bonds is 1. The number of likely N-dealkylation sites (tertiary alicyclic amines) is 1. The molecule has 2 aromatic rings. The Balaban J connectivity index is 1.38. The molecule has 2 saturated heterocycles. The number of hydrogen-bond acceptors (Lipinski definition) is 7. The van der Waals surface area contributed by atoms with E-state index in [1.807, 2.05) is 32.9 Å². The third kappa shape index (κ3) is 3.28. The van der Waals surface area contributed by atoms with Crippen LogP contribution in [0.4, 0.5) is 14.7 Å². The molecule has 1 N–H and O–H groups in total. The summed E-state index contributed by atoms with van der Waals surface area (Å²) in [6, 6.07) is 3.40.